The van der Waals surface area contributed by atoms with Crippen molar-refractivity contribution >= 4 is 38.9 Å². The van der Waals surface area contributed by atoms with Crippen molar-refractivity contribution in [3.05, 3.63) is 58.6 Å². The number of hydrogen-bond acceptors (Lipinski definition) is 8. The molecule has 2 aromatic heterocycles. The highest BCUT2D eigenvalue weighted by Crippen LogP contribution is 2.32. The Hall–Kier alpha value is -3.12. The summed E-state index contributed by atoms with van der Waals surface area (Å²) in [5.74, 6) is 1.87. The van der Waals surface area contributed by atoms with E-state index in [0.717, 1.165) is 0 Å². The van der Waals surface area contributed by atoms with Gasteiger partial charge in [0.2, 0.25) is 15.9 Å². The van der Waals surface area contributed by atoms with Crippen LogP contribution in [0.15, 0.2) is 53.4 Å². The molecule has 0 saturated heterocycles. The fraction of sp³-hybridized carbons (Fsp3) is 0.190. The zero-order valence-electron chi connectivity index (χ0n) is 18.0. The summed E-state index contributed by atoms with van der Waals surface area (Å²) >= 11 is 11.8. The third-order valence-electron chi connectivity index (χ3n) is 4.73. The molecule has 0 spiro atoms. The van der Waals surface area contributed by atoms with Crippen LogP contribution >= 0.6 is 23.2 Å². The van der Waals surface area contributed by atoms with Crippen LogP contribution in [0.5, 0.6) is 17.4 Å². The maximum Gasteiger partial charge on any atom is 0.240 e. The maximum absolute atomic E-state index is 12.4. The van der Waals surface area contributed by atoms with Gasteiger partial charge in [0, 0.05) is 12.6 Å². The van der Waals surface area contributed by atoms with Crippen LogP contribution in [-0.2, 0) is 10.0 Å². The third-order valence-corrected chi connectivity index (χ3v) is 6.93. The molecule has 0 aliphatic heterocycles. The second kappa shape index (κ2) is 10.0. The van der Waals surface area contributed by atoms with E-state index in [-0.39, 0.29) is 34.0 Å². The van der Waals surface area contributed by atoms with E-state index in [4.69, 9.17) is 37.4 Å². The molecule has 178 valence electrons. The molecule has 4 rings (SSSR count). The van der Waals surface area contributed by atoms with Gasteiger partial charge in [0.1, 0.15) is 18.1 Å². The van der Waals surface area contributed by atoms with E-state index < -0.39 is 10.0 Å². The lowest BCUT2D eigenvalue weighted by atomic mass is 10.2. The molecule has 0 saturated carbocycles. The van der Waals surface area contributed by atoms with Crippen LogP contribution in [0.4, 0.5) is 0 Å². The standard InChI is InChI=1S/C21H19Cl2N5O5S/c1-31-13-3-6-18(32-2)15(11-13)21-26-25-19-7-8-20(27-28(19)21)33-10-9-24-34(29,30)14-4-5-16(22)17(23)12-14/h3-8,11-12,24H,9-10H2,1-2H3. The highest BCUT2D eigenvalue weighted by molar-refractivity contribution is 7.89. The predicted molar refractivity (Wildman–Crippen MR) is 126 cm³/mol. The Morgan fingerprint density at radius 2 is 1.79 bits per heavy atom. The van der Waals surface area contributed by atoms with Crippen molar-refractivity contribution in [2.45, 2.75) is 4.90 Å². The summed E-state index contributed by atoms with van der Waals surface area (Å²) in [6.45, 7) is 0.0278. The van der Waals surface area contributed by atoms with E-state index in [9.17, 15) is 8.42 Å². The monoisotopic (exact) mass is 523 g/mol. The van der Waals surface area contributed by atoms with Gasteiger partial charge in [0.25, 0.3) is 0 Å². The van der Waals surface area contributed by atoms with Gasteiger partial charge >= 0.3 is 0 Å². The molecule has 0 radical (unpaired) electrons. The largest absolute Gasteiger partial charge is 0.497 e. The van der Waals surface area contributed by atoms with Crippen LogP contribution in [0.25, 0.3) is 17.0 Å². The van der Waals surface area contributed by atoms with E-state index in [2.05, 4.69) is 20.0 Å². The SMILES string of the molecule is COc1ccc(OC)c(-c2nnc3ccc(OCCNS(=O)(=O)c4ccc(Cl)c(Cl)c4)nn23)c1. The average Bonchev–Trinajstić information content (AvgIpc) is 3.26. The first-order chi connectivity index (χ1) is 16.3. The van der Waals surface area contributed by atoms with Crippen molar-refractivity contribution in [3.8, 4) is 28.8 Å². The number of rotatable bonds is 9. The van der Waals surface area contributed by atoms with E-state index in [1.54, 1.807) is 44.6 Å². The molecule has 1 N–H and O–H groups in total. The number of hydrogen-bond donors (Lipinski definition) is 1. The van der Waals surface area contributed by atoms with Gasteiger partial charge in [0.05, 0.1) is 34.7 Å². The first kappa shape index (κ1) is 24.0. The van der Waals surface area contributed by atoms with E-state index in [1.807, 2.05) is 0 Å². The summed E-state index contributed by atoms with van der Waals surface area (Å²) in [6.07, 6.45) is 0. The Morgan fingerprint density at radius 3 is 2.53 bits per heavy atom. The van der Waals surface area contributed by atoms with Crippen LogP contribution in [-0.4, -0.2) is 55.6 Å². The molecule has 2 aromatic carbocycles. The number of nitrogens with one attached hydrogen (secondary N) is 1. The molecule has 34 heavy (non-hydrogen) atoms. The van der Waals surface area contributed by atoms with Crippen LogP contribution in [0.1, 0.15) is 0 Å². The lowest BCUT2D eigenvalue weighted by Gasteiger charge is -2.10. The highest BCUT2D eigenvalue weighted by atomic mass is 35.5. The van der Waals surface area contributed by atoms with Crippen LogP contribution in [0, 0.1) is 0 Å². The van der Waals surface area contributed by atoms with Crippen LogP contribution in [0.3, 0.4) is 0 Å². The summed E-state index contributed by atoms with van der Waals surface area (Å²) in [5.41, 5.74) is 1.13. The van der Waals surface area contributed by atoms with Gasteiger partial charge in [-0.25, -0.2) is 13.1 Å². The second-order valence-electron chi connectivity index (χ2n) is 6.85. The van der Waals surface area contributed by atoms with Gasteiger partial charge in [0.15, 0.2) is 11.5 Å². The van der Waals surface area contributed by atoms with Gasteiger partial charge in [-0.15, -0.1) is 15.3 Å². The normalized spacial score (nSPS) is 11.5. The van der Waals surface area contributed by atoms with Crippen LogP contribution < -0.4 is 18.9 Å². The topological polar surface area (TPSA) is 117 Å². The van der Waals surface area contributed by atoms with Gasteiger partial charge in [-0.05, 0) is 42.5 Å². The zero-order chi connectivity index (χ0) is 24.3. The summed E-state index contributed by atoms with van der Waals surface area (Å²) in [6, 6.07) is 12.7. The number of halogens is 2. The van der Waals surface area contributed by atoms with E-state index in [0.29, 0.717) is 28.5 Å². The third kappa shape index (κ3) is 5.02. The highest BCUT2D eigenvalue weighted by Gasteiger charge is 2.17. The minimum Gasteiger partial charge on any atom is -0.497 e. The van der Waals surface area contributed by atoms with Gasteiger partial charge in [-0.2, -0.15) is 4.52 Å². The number of nitrogens with zero attached hydrogens (tertiary/aromatic N) is 4. The molecule has 0 amide bonds. The lowest BCUT2D eigenvalue weighted by molar-refractivity contribution is 0.306. The molecule has 13 heteroatoms. The first-order valence-corrected chi connectivity index (χ1v) is 12.1. The molecule has 2 heterocycles. The summed E-state index contributed by atoms with van der Waals surface area (Å²) in [7, 11) is -0.667. The molecule has 0 aliphatic carbocycles. The maximum atomic E-state index is 12.4. The number of methoxy groups -OCH3 is 2. The van der Waals surface area contributed by atoms with Crippen molar-refractivity contribution in [3.63, 3.8) is 0 Å². The smallest absolute Gasteiger partial charge is 0.240 e. The van der Waals surface area contributed by atoms with Crippen molar-refractivity contribution < 1.29 is 22.6 Å². The number of aromatic nitrogens is 4. The molecule has 0 fully saturated rings. The Labute approximate surface area is 205 Å². The fourth-order valence-corrected chi connectivity index (χ4v) is 4.47. The van der Waals surface area contributed by atoms with Crippen molar-refractivity contribution in [1.82, 2.24) is 24.5 Å². The van der Waals surface area contributed by atoms with E-state index >= 15 is 0 Å². The molecule has 4 aromatic rings. The summed E-state index contributed by atoms with van der Waals surface area (Å²) < 4.78 is 45.2. The first-order valence-electron chi connectivity index (χ1n) is 9.85. The minimum absolute atomic E-state index is 0.00103. The lowest BCUT2D eigenvalue weighted by Crippen LogP contribution is -2.28. The molecule has 10 nitrogen and oxygen atoms in total. The molecular formula is C21H19Cl2N5O5S. The number of ether oxygens (including phenoxy) is 3. The summed E-state index contributed by atoms with van der Waals surface area (Å²) in [4.78, 5) is 0.00260. The fourth-order valence-electron chi connectivity index (χ4n) is 3.06. The molecule has 0 bridgehead atoms. The summed E-state index contributed by atoms with van der Waals surface area (Å²) in [5, 5.41) is 13.2. The molecule has 0 unspecified atom stereocenters. The van der Waals surface area contributed by atoms with Crippen LogP contribution in [0.2, 0.25) is 10.0 Å². The molecule has 0 aliphatic rings. The van der Waals surface area contributed by atoms with Crippen molar-refractivity contribution in [1.29, 1.82) is 0 Å². The molecular weight excluding hydrogens is 505 g/mol. The van der Waals surface area contributed by atoms with Crippen molar-refractivity contribution in [2.75, 3.05) is 27.4 Å². The average molecular weight is 524 g/mol. The van der Waals surface area contributed by atoms with Crippen molar-refractivity contribution in [2.24, 2.45) is 0 Å². The number of fused-ring (bicyclic) bond motifs is 1. The van der Waals surface area contributed by atoms with Gasteiger partial charge in [-0.1, -0.05) is 23.2 Å². The zero-order valence-corrected chi connectivity index (χ0v) is 20.4. The quantitative estimate of drug-likeness (QED) is 0.331. The Balaban J connectivity index is 1.48. The Morgan fingerprint density at radius 1 is 0.971 bits per heavy atom. The van der Waals surface area contributed by atoms with E-state index in [1.165, 1.54) is 22.7 Å². The Kier molecular flexibility index (Phi) is 7.08. The predicted octanol–water partition coefficient (Wildman–Crippen LogP) is 3.47. The van der Waals surface area contributed by atoms with Gasteiger partial charge in [-0.3, -0.25) is 0 Å². The number of sulfonamides is 1. The minimum atomic E-state index is -3.78. The Bertz CT molecular complexity index is 1450. The van der Waals surface area contributed by atoms with Gasteiger partial charge < -0.3 is 14.2 Å². The number of benzene rings is 2. The molecule has 0 atom stereocenters. The second-order valence-corrected chi connectivity index (χ2v) is 9.43.